The van der Waals surface area contributed by atoms with Gasteiger partial charge in [-0.15, -0.1) is 0 Å². The zero-order chi connectivity index (χ0) is 15.4. The normalized spacial score (nSPS) is 11.8. The quantitative estimate of drug-likeness (QED) is 0.594. The average molecular weight is 310 g/mol. The Labute approximate surface area is 129 Å². The van der Waals surface area contributed by atoms with Gasteiger partial charge in [-0.2, -0.15) is 13.5 Å². The molecule has 22 heavy (non-hydrogen) atoms. The summed E-state index contributed by atoms with van der Waals surface area (Å²) in [7, 11) is -3.70. The molecule has 4 nitrogen and oxygen atoms in total. The van der Waals surface area contributed by atoms with Gasteiger partial charge in [0.1, 0.15) is 0 Å². The number of hydrogen-bond acceptors (Lipinski definition) is 3. The predicted molar refractivity (Wildman–Crippen MR) is 88.3 cm³/mol. The van der Waals surface area contributed by atoms with Crippen molar-refractivity contribution in [2.45, 2.75) is 4.90 Å². The molecular formula is C17H14N2O2S. The molecule has 3 rings (SSSR count). The van der Waals surface area contributed by atoms with E-state index in [1.807, 2.05) is 54.6 Å². The van der Waals surface area contributed by atoms with E-state index in [2.05, 4.69) is 9.93 Å². The lowest BCUT2D eigenvalue weighted by Gasteiger charge is -2.07. The maximum absolute atomic E-state index is 12.4. The molecule has 0 aromatic heterocycles. The van der Waals surface area contributed by atoms with Crippen LogP contribution in [-0.2, 0) is 10.0 Å². The molecule has 0 saturated heterocycles. The van der Waals surface area contributed by atoms with Crippen LogP contribution in [0.5, 0.6) is 0 Å². The van der Waals surface area contributed by atoms with Crippen LogP contribution in [0.25, 0.3) is 10.8 Å². The number of nitrogens with one attached hydrogen (secondary N) is 1. The number of benzene rings is 3. The second-order valence-corrected chi connectivity index (χ2v) is 6.37. The number of sulfonamides is 1. The maximum atomic E-state index is 12.4. The van der Waals surface area contributed by atoms with E-state index >= 15 is 0 Å². The number of hydrogen-bond donors (Lipinski definition) is 1. The minimum Gasteiger partial charge on any atom is -0.200 e. The van der Waals surface area contributed by atoms with E-state index < -0.39 is 10.0 Å². The van der Waals surface area contributed by atoms with Gasteiger partial charge in [0.05, 0.1) is 11.1 Å². The van der Waals surface area contributed by atoms with E-state index in [1.54, 1.807) is 18.2 Å². The molecule has 0 aliphatic carbocycles. The second-order valence-electron chi connectivity index (χ2n) is 4.74. The fourth-order valence-electron chi connectivity index (χ4n) is 2.19. The first kappa shape index (κ1) is 14.3. The zero-order valence-corrected chi connectivity index (χ0v) is 12.5. The molecule has 5 heteroatoms. The highest BCUT2D eigenvalue weighted by Crippen LogP contribution is 2.22. The maximum Gasteiger partial charge on any atom is 0.277 e. The van der Waals surface area contributed by atoms with Gasteiger partial charge in [0.15, 0.2) is 0 Å². The summed E-state index contributed by atoms with van der Waals surface area (Å²) in [6.45, 7) is 0. The van der Waals surface area contributed by atoms with Crippen LogP contribution in [0, 0.1) is 0 Å². The van der Waals surface area contributed by atoms with E-state index in [0.29, 0.717) is 5.39 Å². The van der Waals surface area contributed by atoms with Crippen molar-refractivity contribution in [1.29, 1.82) is 0 Å². The highest BCUT2D eigenvalue weighted by molar-refractivity contribution is 7.89. The number of fused-ring (bicyclic) bond motifs is 1. The Morgan fingerprint density at radius 2 is 1.50 bits per heavy atom. The van der Waals surface area contributed by atoms with E-state index in [1.165, 1.54) is 6.21 Å². The molecular weight excluding hydrogens is 296 g/mol. The minimum atomic E-state index is -3.70. The van der Waals surface area contributed by atoms with Gasteiger partial charge >= 0.3 is 0 Å². The predicted octanol–water partition coefficient (Wildman–Crippen LogP) is 3.15. The molecule has 0 bridgehead atoms. The lowest BCUT2D eigenvalue weighted by Crippen LogP contribution is -2.18. The summed E-state index contributed by atoms with van der Waals surface area (Å²) in [5.41, 5.74) is 0.822. The molecule has 0 aliphatic rings. The van der Waals surface area contributed by atoms with Crippen LogP contribution >= 0.6 is 0 Å². The minimum absolute atomic E-state index is 0.218. The summed E-state index contributed by atoms with van der Waals surface area (Å²) in [4.78, 5) is 2.48. The van der Waals surface area contributed by atoms with Crippen molar-refractivity contribution in [3.63, 3.8) is 0 Å². The van der Waals surface area contributed by atoms with Gasteiger partial charge in [-0.1, -0.05) is 66.7 Å². The molecule has 0 aliphatic heterocycles. The Morgan fingerprint density at radius 3 is 2.32 bits per heavy atom. The Balaban J connectivity index is 1.91. The third-order valence-electron chi connectivity index (χ3n) is 3.23. The van der Waals surface area contributed by atoms with Crippen molar-refractivity contribution in [1.82, 2.24) is 4.83 Å². The standard InChI is InChI=1S/C17H14N2O2S/c20-22(21,19-18-13-14-7-2-1-3-8-14)17-12-6-10-15-9-4-5-11-16(15)17/h1-13,19H/b18-13-. The summed E-state index contributed by atoms with van der Waals surface area (Å²) < 4.78 is 24.8. The van der Waals surface area contributed by atoms with E-state index in [9.17, 15) is 8.42 Å². The van der Waals surface area contributed by atoms with Crippen molar-refractivity contribution in [2.75, 3.05) is 0 Å². The molecule has 0 radical (unpaired) electrons. The highest BCUT2D eigenvalue weighted by atomic mass is 32.2. The molecule has 110 valence electrons. The molecule has 3 aromatic carbocycles. The fourth-order valence-corrected chi connectivity index (χ4v) is 3.21. The monoisotopic (exact) mass is 310 g/mol. The van der Waals surface area contributed by atoms with Crippen molar-refractivity contribution in [3.8, 4) is 0 Å². The van der Waals surface area contributed by atoms with Crippen LogP contribution in [-0.4, -0.2) is 14.6 Å². The van der Waals surface area contributed by atoms with Crippen molar-refractivity contribution in [3.05, 3.63) is 78.4 Å². The molecule has 0 spiro atoms. The zero-order valence-electron chi connectivity index (χ0n) is 11.7. The number of rotatable bonds is 4. The van der Waals surface area contributed by atoms with Crippen LogP contribution in [0.1, 0.15) is 5.56 Å². The SMILES string of the molecule is O=S(=O)(N/N=C\c1ccccc1)c1cccc2ccccc12. The van der Waals surface area contributed by atoms with Gasteiger partial charge in [0.25, 0.3) is 10.0 Å². The van der Waals surface area contributed by atoms with Gasteiger partial charge < -0.3 is 0 Å². The average Bonchev–Trinajstić information content (AvgIpc) is 2.55. The number of hydrazone groups is 1. The lowest BCUT2D eigenvalue weighted by molar-refractivity contribution is 0.585. The fraction of sp³-hybridized carbons (Fsp3) is 0. The van der Waals surface area contributed by atoms with Gasteiger partial charge in [0, 0.05) is 5.39 Å². The third-order valence-corrected chi connectivity index (χ3v) is 4.51. The second kappa shape index (κ2) is 5.99. The first-order valence-corrected chi connectivity index (χ1v) is 8.23. The molecule has 0 atom stereocenters. The lowest BCUT2D eigenvalue weighted by atomic mass is 10.1. The Kier molecular flexibility index (Phi) is 3.89. The highest BCUT2D eigenvalue weighted by Gasteiger charge is 2.15. The summed E-state index contributed by atoms with van der Waals surface area (Å²) in [6, 6.07) is 21.8. The summed E-state index contributed by atoms with van der Waals surface area (Å²) >= 11 is 0. The van der Waals surface area contributed by atoms with Crippen LogP contribution in [0.15, 0.2) is 82.8 Å². The first-order valence-electron chi connectivity index (χ1n) is 6.74. The summed E-state index contributed by atoms with van der Waals surface area (Å²) in [6.07, 6.45) is 1.47. The van der Waals surface area contributed by atoms with Gasteiger partial charge in [0.2, 0.25) is 0 Å². The molecule has 3 aromatic rings. The molecule has 0 saturated carbocycles. The van der Waals surface area contributed by atoms with Crippen molar-refractivity contribution >= 4 is 27.0 Å². The number of nitrogens with zero attached hydrogens (tertiary/aromatic N) is 1. The molecule has 1 N–H and O–H groups in total. The van der Waals surface area contributed by atoms with Gasteiger partial charge in [-0.3, -0.25) is 0 Å². The Hall–Kier alpha value is -2.66. The van der Waals surface area contributed by atoms with E-state index in [-0.39, 0.29) is 4.90 Å². The molecule has 0 unspecified atom stereocenters. The topological polar surface area (TPSA) is 58.5 Å². The molecule has 0 fully saturated rings. The van der Waals surface area contributed by atoms with Crippen LogP contribution < -0.4 is 4.83 Å². The third kappa shape index (κ3) is 2.99. The van der Waals surface area contributed by atoms with Gasteiger partial charge in [-0.25, -0.2) is 4.83 Å². The summed E-state index contributed by atoms with van der Waals surface area (Å²) in [5.74, 6) is 0. The van der Waals surface area contributed by atoms with Crippen molar-refractivity contribution in [2.24, 2.45) is 5.10 Å². The van der Waals surface area contributed by atoms with Crippen molar-refractivity contribution < 1.29 is 8.42 Å². The Bertz CT molecular complexity index is 914. The smallest absolute Gasteiger partial charge is 0.200 e. The molecule has 0 amide bonds. The van der Waals surface area contributed by atoms with Crippen LogP contribution in [0.2, 0.25) is 0 Å². The van der Waals surface area contributed by atoms with Crippen LogP contribution in [0.3, 0.4) is 0 Å². The first-order chi connectivity index (χ1) is 10.7. The van der Waals surface area contributed by atoms with Crippen LogP contribution in [0.4, 0.5) is 0 Å². The Morgan fingerprint density at radius 1 is 0.818 bits per heavy atom. The van der Waals surface area contributed by atoms with Gasteiger partial charge in [-0.05, 0) is 17.0 Å². The summed E-state index contributed by atoms with van der Waals surface area (Å²) in [5, 5.41) is 5.38. The van der Waals surface area contributed by atoms with E-state index in [0.717, 1.165) is 10.9 Å². The molecule has 0 heterocycles. The van der Waals surface area contributed by atoms with E-state index in [4.69, 9.17) is 0 Å². The largest absolute Gasteiger partial charge is 0.277 e.